The number of nitrogens with zero attached hydrogens (tertiary/aromatic N) is 3. The largest absolute Gasteiger partial charge is 0.345 e. The lowest BCUT2D eigenvalue weighted by Gasteiger charge is -2.21. The summed E-state index contributed by atoms with van der Waals surface area (Å²) in [5.41, 5.74) is 2.02. The monoisotopic (exact) mass is 557 g/mol. The zero-order valence-electron chi connectivity index (χ0n) is 20.8. The molecule has 4 rings (SSSR count). The Morgan fingerprint density at radius 2 is 1.97 bits per heavy atom. The lowest BCUT2D eigenvalue weighted by molar-refractivity contribution is 0.103. The average molecular weight is 558 g/mol. The third kappa shape index (κ3) is 5.69. The molecule has 0 aliphatic heterocycles. The number of hydrogen-bond donors (Lipinski definition) is 6. The highest BCUT2D eigenvalue weighted by atomic mass is 32.2. The van der Waals surface area contributed by atoms with Crippen LogP contribution in [0.1, 0.15) is 36.2 Å². The van der Waals surface area contributed by atoms with E-state index in [1.165, 1.54) is 24.5 Å². The van der Waals surface area contributed by atoms with Crippen molar-refractivity contribution in [1.82, 2.24) is 20.5 Å². The van der Waals surface area contributed by atoms with Crippen LogP contribution in [0, 0.1) is 17.0 Å². The number of aromatic nitrogens is 3. The van der Waals surface area contributed by atoms with Gasteiger partial charge in [-0.05, 0) is 43.7 Å². The van der Waals surface area contributed by atoms with E-state index in [1.54, 1.807) is 31.2 Å². The maximum Gasteiger partial charge on any atom is 0.232 e. The summed E-state index contributed by atoms with van der Waals surface area (Å²) in [6.07, 6.45) is 2.76. The van der Waals surface area contributed by atoms with Crippen molar-refractivity contribution in [1.29, 1.82) is 5.41 Å². The lowest BCUT2D eigenvalue weighted by Crippen LogP contribution is -2.45. The number of hydrogen-bond acceptors (Lipinski definition) is 9. The molecule has 0 saturated heterocycles. The predicted octanol–water partition coefficient (Wildman–Crippen LogP) is 3.54. The summed E-state index contributed by atoms with van der Waals surface area (Å²) < 4.78 is 56.5. The highest BCUT2D eigenvalue weighted by Crippen LogP contribution is 2.31. The highest BCUT2D eigenvalue weighted by molar-refractivity contribution is 7.92. The molecule has 204 valence electrons. The van der Waals surface area contributed by atoms with Crippen molar-refractivity contribution in [2.75, 3.05) is 20.8 Å². The van der Waals surface area contributed by atoms with Crippen LogP contribution in [0.2, 0.25) is 0 Å². The number of carbonyl (C=O) groups is 1. The number of nitrogens with one attached hydrogen (secondary N) is 5. The summed E-state index contributed by atoms with van der Waals surface area (Å²) in [6, 6.07) is 8.50. The van der Waals surface area contributed by atoms with E-state index in [9.17, 15) is 17.6 Å². The molecule has 0 fully saturated rings. The van der Waals surface area contributed by atoms with Crippen LogP contribution >= 0.6 is 0 Å². The van der Waals surface area contributed by atoms with Crippen molar-refractivity contribution in [3.63, 3.8) is 0 Å². The second-order valence-electron chi connectivity index (χ2n) is 8.41. The van der Waals surface area contributed by atoms with Gasteiger partial charge in [0.25, 0.3) is 0 Å². The van der Waals surface area contributed by atoms with Gasteiger partial charge in [-0.1, -0.05) is 13.0 Å². The second-order valence-corrected chi connectivity index (χ2v) is 10.2. The molecule has 2 aromatic carbocycles. The number of fused-ring (bicyclic) bond motifs is 1. The standard InChI is InChI=1S/C24H25F2N9O3S/c1-3-9-39(37,38)33-18-8-7-17(25)20(21(18)26)22(36)16-11-29-23-19(16)24(31-12-30-23)32-14-5-4-6-15(10-14)35(34-28)13(2)27/h4-8,10-12,27,33-34H,3,9,28H2,1-2H3,(H2,29,30,31,32). The van der Waals surface area contributed by atoms with Gasteiger partial charge in [-0.3, -0.25) is 25.8 Å². The third-order valence-electron chi connectivity index (χ3n) is 5.60. The van der Waals surface area contributed by atoms with Crippen molar-refractivity contribution >= 4 is 55.6 Å². The minimum Gasteiger partial charge on any atom is -0.345 e. The normalized spacial score (nSPS) is 11.4. The fourth-order valence-electron chi connectivity index (χ4n) is 3.92. The minimum atomic E-state index is -3.90. The number of rotatable bonds is 10. The van der Waals surface area contributed by atoms with E-state index in [-0.39, 0.29) is 40.4 Å². The van der Waals surface area contributed by atoms with Crippen LogP contribution in [0.4, 0.5) is 31.7 Å². The van der Waals surface area contributed by atoms with Gasteiger partial charge in [-0.15, -0.1) is 0 Å². The number of nitrogens with two attached hydrogens (primary N) is 1. The Labute approximate surface area is 222 Å². The van der Waals surface area contributed by atoms with Crippen molar-refractivity contribution in [2.24, 2.45) is 5.84 Å². The number of carbonyl (C=O) groups excluding carboxylic acids is 1. The molecule has 39 heavy (non-hydrogen) atoms. The average Bonchev–Trinajstić information content (AvgIpc) is 3.31. The van der Waals surface area contributed by atoms with E-state index in [0.717, 1.165) is 12.1 Å². The quantitative estimate of drug-likeness (QED) is 0.0558. The van der Waals surface area contributed by atoms with Crippen LogP contribution in [0.5, 0.6) is 0 Å². The Balaban J connectivity index is 1.76. The molecule has 0 unspecified atom stereocenters. The Morgan fingerprint density at radius 3 is 2.67 bits per heavy atom. The van der Waals surface area contributed by atoms with Crippen LogP contribution < -0.4 is 26.4 Å². The molecule has 0 aliphatic carbocycles. The molecule has 4 aromatic rings. The first kappa shape index (κ1) is 27.6. The van der Waals surface area contributed by atoms with Gasteiger partial charge in [0, 0.05) is 11.9 Å². The van der Waals surface area contributed by atoms with Gasteiger partial charge < -0.3 is 10.3 Å². The van der Waals surface area contributed by atoms with E-state index < -0.39 is 38.7 Å². The molecule has 0 spiro atoms. The first-order valence-corrected chi connectivity index (χ1v) is 13.3. The smallest absolute Gasteiger partial charge is 0.232 e. The van der Waals surface area contributed by atoms with Crippen molar-refractivity contribution < 1.29 is 22.0 Å². The molecule has 0 amide bonds. The molecular weight excluding hydrogens is 532 g/mol. The number of hydrazine groups is 2. The highest BCUT2D eigenvalue weighted by Gasteiger charge is 2.27. The van der Waals surface area contributed by atoms with Gasteiger partial charge in [-0.2, -0.15) is 5.53 Å². The molecule has 0 saturated carbocycles. The van der Waals surface area contributed by atoms with Crippen LogP contribution in [-0.4, -0.2) is 40.7 Å². The first-order valence-electron chi connectivity index (χ1n) is 11.6. The van der Waals surface area contributed by atoms with E-state index >= 15 is 4.39 Å². The van der Waals surface area contributed by atoms with Crippen molar-refractivity contribution in [3.8, 4) is 0 Å². The van der Waals surface area contributed by atoms with Gasteiger partial charge >= 0.3 is 0 Å². The number of sulfonamides is 1. The summed E-state index contributed by atoms with van der Waals surface area (Å²) in [4.78, 5) is 24.5. The molecule has 7 N–H and O–H groups in total. The van der Waals surface area contributed by atoms with Gasteiger partial charge in [0.05, 0.1) is 33.6 Å². The summed E-state index contributed by atoms with van der Waals surface area (Å²) in [6.45, 7) is 3.17. The van der Waals surface area contributed by atoms with Crippen LogP contribution in [0.3, 0.4) is 0 Å². The van der Waals surface area contributed by atoms with Crippen molar-refractivity contribution in [3.05, 3.63) is 71.7 Å². The number of halogens is 2. The number of ketones is 1. The summed E-state index contributed by atoms with van der Waals surface area (Å²) in [5.74, 6) is 1.96. The third-order valence-corrected chi connectivity index (χ3v) is 7.08. The molecule has 0 atom stereocenters. The molecule has 0 aliphatic rings. The summed E-state index contributed by atoms with van der Waals surface area (Å²) in [7, 11) is -3.90. The zero-order chi connectivity index (χ0) is 28.3. The number of amidine groups is 1. The molecule has 2 heterocycles. The molecule has 15 heteroatoms. The topological polar surface area (TPSA) is 182 Å². The first-order chi connectivity index (χ1) is 18.6. The Morgan fingerprint density at radius 1 is 1.21 bits per heavy atom. The van der Waals surface area contributed by atoms with Gasteiger partial charge in [0.1, 0.15) is 29.4 Å². The molecule has 2 aromatic heterocycles. The molecule has 0 radical (unpaired) electrons. The van der Waals surface area contributed by atoms with E-state index in [1.807, 2.05) is 0 Å². The maximum absolute atomic E-state index is 15.3. The van der Waals surface area contributed by atoms with E-state index in [4.69, 9.17) is 11.3 Å². The van der Waals surface area contributed by atoms with Crippen LogP contribution in [0.25, 0.3) is 11.0 Å². The fourth-order valence-corrected chi connectivity index (χ4v) is 5.05. The van der Waals surface area contributed by atoms with Gasteiger partial charge in [0.15, 0.2) is 5.82 Å². The molecule has 0 bridgehead atoms. The second kappa shape index (κ2) is 11.1. The van der Waals surface area contributed by atoms with E-state index in [2.05, 4.69) is 30.5 Å². The Bertz CT molecular complexity index is 1670. The van der Waals surface area contributed by atoms with E-state index in [0.29, 0.717) is 11.4 Å². The molecular formula is C24H25F2N9O3S. The maximum atomic E-state index is 15.3. The fraction of sp³-hybridized carbons (Fsp3) is 0.167. The SMILES string of the molecule is CCCS(=O)(=O)Nc1ccc(F)c(C(=O)c2c[nH]c3ncnc(Nc4cccc(N(NN)C(C)=N)c4)c23)c1F. The number of aromatic amines is 1. The van der Waals surface area contributed by atoms with Crippen molar-refractivity contribution in [2.45, 2.75) is 20.3 Å². The zero-order valence-corrected chi connectivity index (χ0v) is 21.7. The van der Waals surface area contributed by atoms with Gasteiger partial charge in [0.2, 0.25) is 15.8 Å². The number of benzene rings is 2. The Hall–Kier alpha value is -4.47. The Kier molecular flexibility index (Phi) is 7.85. The summed E-state index contributed by atoms with van der Waals surface area (Å²) in [5, 5.41) is 12.4. The molecule has 12 nitrogen and oxygen atoms in total. The van der Waals surface area contributed by atoms with Gasteiger partial charge in [-0.25, -0.2) is 27.2 Å². The lowest BCUT2D eigenvalue weighted by atomic mass is 10.0. The minimum absolute atomic E-state index is 0.126. The number of H-pyrrole nitrogens is 1. The number of anilines is 4. The van der Waals surface area contributed by atoms with Crippen LogP contribution in [-0.2, 0) is 10.0 Å². The van der Waals surface area contributed by atoms with Crippen LogP contribution in [0.15, 0.2) is 48.9 Å². The predicted molar refractivity (Wildman–Crippen MR) is 144 cm³/mol. The summed E-state index contributed by atoms with van der Waals surface area (Å²) >= 11 is 0.